The maximum Gasteiger partial charge on any atom is 0.109 e. The summed E-state index contributed by atoms with van der Waals surface area (Å²) in [6.07, 6.45) is 2.34. The van der Waals surface area contributed by atoms with Gasteiger partial charge in [0, 0.05) is 11.1 Å². The molecule has 0 heterocycles. The van der Waals surface area contributed by atoms with Crippen molar-refractivity contribution in [2.75, 3.05) is 6.67 Å². The molecule has 0 amide bonds. The van der Waals surface area contributed by atoms with Gasteiger partial charge in [-0.1, -0.05) is 23.7 Å². The molecular formula is C11H13ClFN. The van der Waals surface area contributed by atoms with Crippen LogP contribution in [0.5, 0.6) is 0 Å². The molecule has 1 nitrogen and oxygen atoms in total. The first kappa shape index (κ1) is 9.94. The molecule has 0 bridgehead atoms. The summed E-state index contributed by atoms with van der Waals surface area (Å²) >= 11 is 5.76. The molecule has 3 heteroatoms. The second kappa shape index (κ2) is 4.28. The van der Waals surface area contributed by atoms with Gasteiger partial charge in [-0.05, 0) is 30.5 Å². The molecule has 0 aliphatic heterocycles. The zero-order valence-electron chi connectivity index (χ0n) is 7.84. The summed E-state index contributed by atoms with van der Waals surface area (Å²) in [7, 11) is 0. The smallest absolute Gasteiger partial charge is 0.109 e. The Morgan fingerprint density at radius 1 is 1.36 bits per heavy atom. The Labute approximate surface area is 88.3 Å². The average Bonchev–Trinajstić information content (AvgIpc) is 3.00. The van der Waals surface area contributed by atoms with Crippen LogP contribution in [0.4, 0.5) is 4.39 Å². The van der Waals surface area contributed by atoms with Gasteiger partial charge >= 0.3 is 0 Å². The van der Waals surface area contributed by atoms with E-state index in [2.05, 4.69) is 5.32 Å². The summed E-state index contributed by atoms with van der Waals surface area (Å²) in [5, 5.41) is 3.95. The zero-order valence-corrected chi connectivity index (χ0v) is 8.60. The highest BCUT2D eigenvalue weighted by molar-refractivity contribution is 6.30. The molecule has 0 spiro atoms. The molecule has 1 unspecified atom stereocenters. The third-order valence-electron chi connectivity index (χ3n) is 2.44. The maximum absolute atomic E-state index is 12.7. The Morgan fingerprint density at radius 2 is 2.00 bits per heavy atom. The van der Waals surface area contributed by atoms with Crippen LogP contribution in [0.3, 0.4) is 0 Å². The van der Waals surface area contributed by atoms with Gasteiger partial charge in [0.25, 0.3) is 0 Å². The predicted molar refractivity (Wildman–Crippen MR) is 56.3 cm³/mol. The van der Waals surface area contributed by atoms with Crippen molar-refractivity contribution < 1.29 is 4.39 Å². The molecule has 1 aliphatic carbocycles. The minimum absolute atomic E-state index is 0.167. The largest absolute Gasteiger partial charge is 0.305 e. The summed E-state index contributed by atoms with van der Waals surface area (Å²) in [5.41, 5.74) is 0.976. The topological polar surface area (TPSA) is 12.0 Å². The van der Waals surface area contributed by atoms with Crippen LogP contribution >= 0.6 is 11.6 Å². The lowest BCUT2D eigenvalue weighted by Gasteiger charge is -2.15. The second-order valence-corrected chi connectivity index (χ2v) is 4.14. The molecule has 1 aliphatic rings. The molecule has 1 fully saturated rings. The Hall–Kier alpha value is -0.600. The molecule has 1 saturated carbocycles. The highest BCUT2D eigenvalue weighted by Crippen LogP contribution is 2.25. The van der Waals surface area contributed by atoms with Crippen LogP contribution in [0.2, 0.25) is 5.02 Å². The van der Waals surface area contributed by atoms with Gasteiger partial charge in [0.15, 0.2) is 0 Å². The third kappa shape index (κ3) is 2.46. The van der Waals surface area contributed by atoms with Gasteiger partial charge in [0.05, 0.1) is 6.04 Å². The minimum atomic E-state index is -0.363. The van der Waals surface area contributed by atoms with Crippen molar-refractivity contribution in [2.45, 2.75) is 24.9 Å². The molecule has 0 saturated heterocycles. The fourth-order valence-electron chi connectivity index (χ4n) is 1.46. The molecule has 0 radical (unpaired) electrons. The fraction of sp³-hybridized carbons (Fsp3) is 0.455. The molecule has 1 atom stereocenters. The van der Waals surface area contributed by atoms with E-state index in [0.717, 1.165) is 5.56 Å². The first-order chi connectivity index (χ1) is 6.79. The van der Waals surface area contributed by atoms with Gasteiger partial charge in [-0.3, -0.25) is 0 Å². The van der Waals surface area contributed by atoms with Gasteiger partial charge in [-0.25, -0.2) is 4.39 Å². The van der Waals surface area contributed by atoms with E-state index in [4.69, 9.17) is 11.6 Å². The number of benzene rings is 1. The van der Waals surface area contributed by atoms with E-state index in [1.807, 2.05) is 12.1 Å². The molecule has 1 aromatic rings. The van der Waals surface area contributed by atoms with Crippen molar-refractivity contribution in [3.63, 3.8) is 0 Å². The molecule has 2 rings (SSSR count). The van der Waals surface area contributed by atoms with E-state index in [1.165, 1.54) is 12.8 Å². The van der Waals surface area contributed by atoms with E-state index in [9.17, 15) is 4.39 Å². The van der Waals surface area contributed by atoms with E-state index in [1.54, 1.807) is 12.1 Å². The van der Waals surface area contributed by atoms with Crippen LogP contribution in [0.1, 0.15) is 24.4 Å². The molecule has 14 heavy (non-hydrogen) atoms. The van der Waals surface area contributed by atoms with Crippen molar-refractivity contribution in [2.24, 2.45) is 0 Å². The van der Waals surface area contributed by atoms with Gasteiger partial charge < -0.3 is 5.32 Å². The average molecular weight is 214 g/mol. The molecule has 1 N–H and O–H groups in total. The van der Waals surface area contributed by atoms with Crippen LogP contribution in [-0.2, 0) is 0 Å². The van der Waals surface area contributed by atoms with Gasteiger partial charge in [-0.2, -0.15) is 0 Å². The van der Waals surface area contributed by atoms with E-state index >= 15 is 0 Å². The first-order valence-corrected chi connectivity index (χ1v) is 5.25. The summed E-state index contributed by atoms with van der Waals surface area (Å²) in [6, 6.07) is 7.71. The summed E-state index contributed by atoms with van der Waals surface area (Å²) in [6.45, 7) is -0.363. The van der Waals surface area contributed by atoms with Crippen LogP contribution in [-0.4, -0.2) is 12.7 Å². The van der Waals surface area contributed by atoms with E-state index in [0.29, 0.717) is 11.1 Å². The highest BCUT2D eigenvalue weighted by atomic mass is 35.5. The summed E-state index contributed by atoms with van der Waals surface area (Å²) in [5.74, 6) is 0. The number of nitrogens with one attached hydrogen (secondary N) is 1. The van der Waals surface area contributed by atoms with E-state index in [-0.39, 0.29) is 12.7 Å². The van der Waals surface area contributed by atoms with Crippen molar-refractivity contribution in [1.29, 1.82) is 0 Å². The van der Waals surface area contributed by atoms with Crippen molar-refractivity contribution in [3.8, 4) is 0 Å². The highest BCUT2D eigenvalue weighted by Gasteiger charge is 2.25. The van der Waals surface area contributed by atoms with Crippen LogP contribution in [0.25, 0.3) is 0 Å². The Kier molecular flexibility index (Phi) is 3.04. The van der Waals surface area contributed by atoms with Crippen LogP contribution in [0, 0.1) is 0 Å². The Bertz CT molecular complexity index is 295. The molecule has 1 aromatic carbocycles. The summed E-state index contributed by atoms with van der Waals surface area (Å²) < 4.78 is 12.7. The Morgan fingerprint density at radius 3 is 2.50 bits per heavy atom. The van der Waals surface area contributed by atoms with Crippen molar-refractivity contribution >= 4 is 11.6 Å². The lowest BCUT2D eigenvalue weighted by atomic mass is 10.1. The first-order valence-electron chi connectivity index (χ1n) is 4.87. The van der Waals surface area contributed by atoms with Crippen molar-refractivity contribution in [3.05, 3.63) is 34.9 Å². The summed E-state index contributed by atoms with van der Waals surface area (Å²) in [4.78, 5) is 0. The third-order valence-corrected chi connectivity index (χ3v) is 2.69. The molecule has 76 valence electrons. The normalized spacial score (nSPS) is 18.1. The van der Waals surface area contributed by atoms with Gasteiger partial charge in [0.1, 0.15) is 6.67 Å². The SMILES string of the molecule is FCC(NC1CC1)c1ccc(Cl)cc1. The maximum atomic E-state index is 12.7. The lowest BCUT2D eigenvalue weighted by molar-refractivity contribution is 0.380. The van der Waals surface area contributed by atoms with Gasteiger partial charge in [0.2, 0.25) is 0 Å². The number of hydrogen-bond donors (Lipinski definition) is 1. The van der Waals surface area contributed by atoms with Crippen LogP contribution in [0.15, 0.2) is 24.3 Å². The number of hydrogen-bond acceptors (Lipinski definition) is 1. The second-order valence-electron chi connectivity index (χ2n) is 3.70. The predicted octanol–water partition coefficient (Wildman–Crippen LogP) is 3.10. The van der Waals surface area contributed by atoms with Crippen LogP contribution < -0.4 is 5.32 Å². The zero-order chi connectivity index (χ0) is 9.97. The number of halogens is 2. The van der Waals surface area contributed by atoms with Gasteiger partial charge in [-0.15, -0.1) is 0 Å². The van der Waals surface area contributed by atoms with E-state index < -0.39 is 0 Å². The standard InChI is InChI=1S/C11H13ClFN/c12-9-3-1-8(2-4-9)11(7-13)14-10-5-6-10/h1-4,10-11,14H,5-7H2. The monoisotopic (exact) mass is 213 g/mol. The Balaban J connectivity index is 2.05. The number of rotatable bonds is 4. The molecular weight excluding hydrogens is 201 g/mol. The number of alkyl halides is 1. The lowest BCUT2D eigenvalue weighted by Crippen LogP contribution is -2.24. The minimum Gasteiger partial charge on any atom is -0.305 e. The fourth-order valence-corrected chi connectivity index (χ4v) is 1.59. The van der Waals surface area contributed by atoms with Crippen molar-refractivity contribution in [1.82, 2.24) is 5.32 Å². The quantitative estimate of drug-likeness (QED) is 0.811. The molecule has 0 aromatic heterocycles.